The van der Waals surface area contributed by atoms with Gasteiger partial charge in [-0.1, -0.05) is 18.0 Å². The molecule has 1 N–H and O–H groups in total. The number of nitrogens with one attached hydrogen (secondary N) is 1. The number of hydrogen-bond donors (Lipinski definition) is 1. The number of hydrogen-bond acceptors (Lipinski definition) is 3. The van der Waals surface area contributed by atoms with E-state index >= 15 is 0 Å². The van der Waals surface area contributed by atoms with Crippen LogP contribution in [0.3, 0.4) is 0 Å². The quantitative estimate of drug-likeness (QED) is 0.893. The van der Waals surface area contributed by atoms with Crippen LogP contribution in [0.1, 0.15) is 44.1 Å². The SMILES string of the molecule is COc1cc(Cl)cc(CC2CCCCN2)c1OC1CCC1. The number of rotatable bonds is 5. The van der Waals surface area contributed by atoms with E-state index in [4.69, 9.17) is 21.1 Å². The van der Waals surface area contributed by atoms with E-state index in [0.29, 0.717) is 12.1 Å². The van der Waals surface area contributed by atoms with Gasteiger partial charge in [0.15, 0.2) is 11.5 Å². The molecule has 116 valence electrons. The summed E-state index contributed by atoms with van der Waals surface area (Å²) >= 11 is 6.25. The molecule has 1 atom stereocenters. The molecule has 21 heavy (non-hydrogen) atoms. The predicted octanol–water partition coefficient (Wildman–Crippen LogP) is 3.96. The zero-order valence-corrected chi connectivity index (χ0v) is 13.4. The van der Waals surface area contributed by atoms with Crippen LogP contribution in [0.15, 0.2) is 12.1 Å². The summed E-state index contributed by atoms with van der Waals surface area (Å²) in [6.45, 7) is 1.11. The monoisotopic (exact) mass is 309 g/mol. The number of ether oxygens (including phenoxy) is 2. The van der Waals surface area contributed by atoms with Crippen LogP contribution in [0.5, 0.6) is 11.5 Å². The molecule has 1 saturated heterocycles. The minimum atomic E-state index is 0.346. The van der Waals surface area contributed by atoms with E-state index in [1.807, 2.05) is 12.1 Å². The molecule has 0 radical (unpaired) electrons. The molecule has 1 aromatic carbocycles. The third-order valence-electron chi connectivity index (χ3n) is 4.53. The molecule has 2 aliphatic rings. The van der Waals surface area contributed by atoms with Gasteiger partial charge in [-0.05, 0) is 51.1 Å². The van der Waals surface area contributed by atoms with Crippen LogP contribution >= 0.6 is 11.6 Å². The Morgan fingerprint density at radius 1 is 1.19 bits per heavy atom. The summed E-state index contributed by atoms with van der Waals surface area (Å²) in [5.41, 5.74) is 1.17. The Hall–Kier alpha value is -0.930. The maximum absolute atomic E-state index is 6.25. The predicted molar refractivity (Wildman–Crippen MR) is 85.6 cm³/mol. The number of methoxy groups -OCH3 is 1. The molecule has 1 saturated carbocycles. The second kappa shape index (κ2) is 6.89. The van der Waals surface area contributed by atoms with E-state index in [-0.39, 0.29) is 0 Å². The summed E-state index contributed by atoms with van der Waals surface area (Å²) < 4.78 is 11.7. The Bertz CT molecular complexity index is 482. The molecule has 1 aliphatic heterocycles. The Kier molecular flexibility index (Phi) is 4.91. The van der Waals surface area contributed by atoms with Gasteiger partial charge in [-0.2, -0.15) is 0 Å². The third kappa shape index (κ3) is 3.64. The highest BCUT2D eigenvalue weighted by molar-refractivity contribution is 6.30. The van der Waals surface area contributed by atoms with E-state index in [2.05, 4.69) is 5.32 Å². The van der Waals surface area contributed by atoms with Gasteiger partial charge >= 0.3 is 0 Å². The van der Waals surface area contributed by atoms with Crippen LogP contribution in [0.25, 0.3) is 0 Å². The molecule has 1 unspecified atom stereocenters. The minimum absolute atomic E-state index is 0.346. The first-order valence-corrected chi connectivity index (χ1v) is 8.40. The molecule has 0 amide bonds. The lowest BCUT2D eigenvalue weighted by Gasteiger charge is -2.30. The Balaban J connectivity index is 1.82. The zero-order valence-electron chi connectivity index (χ0n) is 12.7. The first kappa shape index (κ1) is 15.0. The van der Waals surface area contributed by atoms with Crippen molar-refractivity contribution in [3.05, 3.63) is 22.7 Å². The van der Waals surface area contributed by atoms with Crippen LogP contribution < -0.4 is 14.8 Å². The number of halogens is 1. The average Bonchev–Trinajstić information content (AvgIpc) is 2.45. The van der Waals surface area contributed by atoms with Crippen LogP contribution in [0, 0.1) is 0 Å². The molecular weight excluding hydrogens is 286 g/mol. The number of piperidine rings is 1. The molecule has 1 heterocycles. The van der Waals surface area contributed by atoms with Gasteiger partial charge in [-0.15, -0.1) is 0 Å². The molecule has 1 aromatic rings. The van der Waals surface area contributed by atoms with Crippen molar-refractivity contribution in [3.63, 3.8) is 0 Å². The van der Waals surface area contributed by atoms with Crippen LogP contribution in [-0.2, 0) is 6.42 Å². The fraction of sp³-hybridized carbons (Fsp3) is 0.647. The van der Waals surface area contributed by atoms with Gasteiger partial charge in [-0.25, -0.2) is 0 Å². The Morgan fingerprint density at radius 2 is 2.05 bits per heavy atom. The summed E-state index contributed by atoms with van der Waals surface area (Å²) in [5, 5.41) is 4.31. The van der Waals surface area contributed by atoms with Gasteiger partial charge in [0.25, 0.3) is 0 Å². The van der Waals surface area contributed by atoms with Crippen molar-refractivity contribution in [2.75, 3.05) is 13.7 Å². The molecule has 0 spiro atoms. The average molecular weight is 310 g/mol. The lowest BCUT2D eigenvalue weighted by Crippen LogP contribution is -2.36. The minimum Gasteiger partial charge on any atom is -0.493 e. The summed E-state index contributed by atoms with van der Waals surface area (Å²) in [5.74, 6) is 1.67. The second-order valence-corrected chi connectivity index (χ2v) is 6.55. The highest BCUT2D eigenvalue weighted by atomic mass is 35.5. The van der Waals surface area contributed by atoms with Crippen molar-refractivity contribution >= 4 is 11.6 Å². The lowest BCUT2D eigenvalue weighted by molar-refractivity contribution is 0.114. The van der Waals surface area contributed by atoms with Gasteiger partial charge < -0.3 is 14.8 Å². The lowest BCUT2D eigenvalue weighted by atomic mass is 9.95. The largest absolute Gasteiger partial charge is 0.493 e. The fourth-order valence-corrected chi connectivity index (χ4v) is 3.31. The van der Waals surface area contributed by atoms with E-state index in [1.165, 1.54) is 31.2 Å². The summed E-state index contributed by atoms with van der Waals surface area (Å²) in [6.07, 6.45) is 8.66. The summed E-state index contributed by atoms with van der Waals surface area (Å²) in [6, 6.07) is 4.41. The van der Waals surface area contributed by atoms with Crippen molar-refractivity contribution in [2.45, 2.75) is 57.1 Å². The van der Waals surface area contributed by atoms with E-state index in [9.17, 15) is 0 Å². The van der Waals surface area contributed by atoms with Gasteiger partial charge in [0.05, 0.1) is 13.2 Å². The van der Waals surface area contributed by atoms with Gasteiger partial charge in [0.2, 0.25) is 0 Å². The van der Waals surface area contributed by atoms with Crippen LogP contribution in [0.4, 0.5) is 0 Å². The molecule has 0 bridgehead atoms. The van der Waals surface area contributed by atoms with Crippen molar-refractivity contribution < 1.29 is 9.47 Å². The van der Waals surface area contributed by atoms with Crippen LogP contribution in [-0.4, -0.2) is 25.8 Å². The smallest absolute Gasteiger partial charge is 0.164 e. The standard InChI is InChI=1S/C17H24ClNO2/c1-20-16-11-13(18)9-12(10-14-5-2-3-8-19-14)17(16)21-15-6-4-7-15/h9,11,14-15,19H,2-8,10H2,1H3. The molecule has 0 aromatic heterocycles. The molecule has 1 aliphatic carbocycles. The maximum atomic E-state index is 6.25. The second-order valence-electron chi connectivity index (χ2n) is 6.12. The van der Waals surface area contributed by atoms with E-state index in [1.54, 1.807) is 7.11 Å². The normalized spacial score (nSPS) is 22.7. The first-order valence-electron chi connectivity index (χ1n) is 8.02. The van der Waals surface area contributed by atoms with Crippen LogP contribution in [0.2, 0.25) is 5.02 Å². The molecule has 4 heteroatoms. The molecule has 3 nitrogen and oxygen atoms in total. The van der Waals surface area contributed by atoms with Crippen molar-refractivity contribution in [3.8, 4) is 11.5 Å². The fourth-order valence-electron chi connectivity index (χ4n) is 3.08. The molecule has 3 rings (SSSR count). The summed E-state index contributed by atoms with van der Waals surface area (Å²) in [4.78, 5) is 0. The van der Waals surface area contributed by atoms with Gasteiger partial charge in [0.1, 0.15) is 0 Å². The highest BCUT2D eigenvalue weighted by Crippen LogP contribution is 2.38. The van der Waals surface area contributed by atoms with Crippen molar-refractivity contribution in [2.24, 2.45) is 0 Å². The topological polar surface area (TPSA) is 30.5 Å². The maximum Gasteiger partial charge on any atom is 0.164 e. The molecule has 2 fully saturated rings. The zero-order chi connectivity index (χ0) is 14.7. The van der Waals surface area contributed by atoms with Gasteiger partial charge in [-0.3, -0.25) is 0 Å². The summed E-state index contributed by atoms with van der Waals surface area (Å²) in [7, 11) is 1.68. The van der Waals surface area contributed by atoms with Crippen molar-refractivity contribution in [1.82, 2.24) is 5.32 Å². The van der Waals surface area contributed by atoms with E-state index in [0.717, 1.165) is 42.3 Å². The molecular formula is C17H24ClNO2. The first-order chi connectivity index (χ1) is 10.3. The number of benzene rings is 1. The van der Waals surface area contributed by atoms with E-state index < -0.39 is 0 Å². The Morgan fingerprint density at radius 3 is 2.67 bits per heavy atom. The van der Waals surface area contributed by atoms with Crippen molar-refractivity contribution in [1.29, 1.82) is 0 Å². The third-order valence-corrected chi connectivity index (χ3v) is 4.75. The van der Waals surface area contributed by atoms with Gasteiger partial charge in [0, 0.05) is 22.7 Å². The Labute approximate surface area is 132 Å². The highest BCUT2D eigenvalue weighted by Gasteiger charge is 2.24.